The summed E-state index contributed by atoms with van der Waals surface area (Å²) in [6, 6.07) is 7.68. The fourth-order valence-electron chi connectivity index (χ4n) is 2.02. The van der Waals surface area contributed by atoms with Crippen molar-refractivity contribution in [1.29, 1.82) is 0 Å². The van der Waals surface area contributed by atoms with Gasteiger partial charge in [-0.1, -0.05) is 19.1 Å². The molecule has 86 valence electrons. The van der Waals surface area contributed by atoms with Crippen LogP contribution in [0.1, 0.15) is 18.4 Å². The van der Waals surface area contributed by atoms with E-state index < -0.39 is 0 Å². The molecule has 3 nitrogen and oxygen atoms in total. The summed E-state index contributed by atoms with van der Waals surface area (Å²) in [4.78, 5) is 4.51. The van der Waals surface area contributed by atoms with Crippen LogP contribution in [0.15, 0.2) is 30.5 Å². The molecule has 0 amide bonds. The summed E-state index contributed by atoms with van der Waals surface area (Å²) in [5.74, 6) is 0. The number of hydrogen-bond acceptors (Lipinski definition) is 3. The van der Waals surface area contributed by atoms with Crippen molar-refractivity contribution in [3.05, 3.63) is 40.7 Å². The number of fused-ring (bicyclic) bond motifs is 3. The largest absolute Gasteiger partial charge is 0.618 e. The van der Waals surface area contributed by atoms with Gasteiger partial charge in [0, 0.05) is 6.07 Å². The summed E-state index contributed by atoms with van der Waals surface area (Å²) in [6.45, 7) is 2.14. The molecule has 0 unspecified atom stereocenters. The van der Waals surface area contributed by atoms with E-state index in [4.69, 9.17) is 0 Å². The molecule has 0 atom stereocenters. The van der Waals surface area contributed by atoms with Gasteiger partial charge < -0.3 is 5.21 Å². The van der Waals surface area contributed by atoms with Gasteiger partial charge in [-0.05, 0) is 18.9 Å². The van der Waals surface area contributed by atoms with Crippen molar-refractivity contribution in [2.75, 3.05) is 0 Å². The van der Waals surface area contributed by atoms with Gasteiger partial charge in [0.25, 0.3) is 0 Å². The molecule has 17 heavy (non-hydrogen) atoms. The number of pyridine rings is 1. The second-order valence-electron chi connectivity index (χ2n) is 4.04. The van der Waals surface area contributed by atoms with Crippen LogP contribution >= 0.6 is 11.3 Å². The van der Waals surface area contributed by atoms with Crippen molar-refractivity contribution in [3.8, 4) is 0 Å². The van der Waals surface area contributed by atoms with Crippen LogP contribution in [0.4, 0.5) is 0 Å². The summed E-state index contributed by atoms with van der Waals surface area (Å²) in [7, 11) is 0. The van der Waals surface area contributed by atoms with E-state index in [1.54, 1.807) is 17.5 Å². The highest BCUT2D eigenvalue weighted by atomic mass is 32.1. The summed E-state index contributed by atoms with van der Waals surface area (Å²) in [5.41, 5.74) is 1.53. The van der Waals surface area contributed by atoms with Crippen LogP contribution in [0.25, 0.3) is 21.1 Å². The molecule has 0 aliphatic carbocycles. The Bertz CT molecular complexity index is 690. The van der Waals surface area contributed by atoms with E-state index in [-0.39, 0.29) is 0 Å². The third kappa shape index (κ3) is 1.65. The molecule has 2 aromatic heterocycles. The van der Waals surface area contributed by atoms with Gasteiger partial charge in [0.15, 0.2) is 0 Å². The predicted molar refractivity (Wildman–Crippen MR) is 70.1 cm³/mol. The smallest absolute Gasteiger partial charge is 0.225 e. The monoisotopic (exact) mass is 244 g/mol. The molecule has 3 rings (SSSR count). The molecule has 4 heteroatoms. The molecule has 1 aromatic carbocycles. The zero-order valence-electron chi connectivity index (χ0n) is 9.51. The first kappa shape index (κ1) is 10.5. The second-order valence-corrected chi connectivity index (χ2v) is 5.13. The van der Waals surface area contributed by atoms with Gasteiger partial charge in [-0.15, -0.1) is 11.3 Å². The van der Waals surface area contributed by atoms with Crippen LogP contribution in [0.2, 0.25) is 0 Å². The Labute approximate surface area is 103 Å². The van der Waals surface area contributed by atoms with Crippen LogP contribution in [-0.2, 0) is 6.42 Å². The molecular formula is C13H12N2OS. The molecule has 0 aliphatic heterocycles. The Morgan fingerprint density at radius 1 is 1.35 bits per heavy atom. The molecular weight excluding hydrogens is 232 g/mol. The molecule has 0 radical (unpaired) electrons. The summed E-state index contributed by atoms with van der Waals surface area (Å²) in [6.07, 6.45) is 3.63. The molecule has 0 aliphatic rings. The van der Waals surface area contributed by atoms with Gasteiger partial charge in [0.1, 0.15) is 5.52 Å². The van der Waals surface area contributed by atoms with Gasteiger partial charge in [0.05, 0.1) is 15.1 Å². The summed E-state index contributed by atoms with van der Waals surface area (Å²) in [5, 5.41) is 14.0. The van der Waals surface area contributed by atoms with Crippen LogP contribution < -0.4 is 4.73 Å². The van der Waals surface area contributed by atoms with Crippen LogP contribution in [0.3, 0.4) is 0 Å². The maximum atomic E-state index is 11.8. The average molecular weight is 244 g/mol. The maximum absolute atomic E-state index is 11.8. The average Bonchev–Trinajstić information content (AvgIpc) is 2.73. The van der Waals surface area contributed by atoms with Crippen LogP contribution in [-0.4, -0.2) is 4.98 Å². The normalized spacial score (nSPS) is 11.4. The van der Waals surface area contributed by atoms with Crippen molar-refractivity contribution in [3.63, 3.8) is 0 Å². The Hall–Kier alpha value is -1.68. The molecule has 0 N–H and O–H groups in total. The van der Waals surface area contributed by atoms with E-state index in [1.165, 1.54) is 0 Å². The quantitative estimate of drug-likeness (QED) is 0.513. The van der Waals surface area contributed by atoms with Crippen molar-refractivity contribution in [2.24, 2.45) is 0 Å². The number of thiazole rings is 1. The number of hydrogen-bond donors (Lipinski definition) is 0. The zero-order chi connectivity index (χ0) is 11.8. The highest BCUT2D eigenvalue weighted by molar-refractivity contribution is 7.19. The number of para-hydroxylation sites is 1. The van der Waals surface area contributed by atoms with E-state index in [0.717, 1.165) is 38.2 Å². The summed E-state index contributed by atoms with van der Waals surface area (Å²) < 4.78 is 2.03. The number of rotatable bonds is 2. The number of benzene rings is 1. The van der Waals surface area contributed by atoms with Crippen LogP contribution in [0.5, 0.6) is 0 Å². The van der Waals surface area contributed by atoms with Crippen LogP contribution in [0, 0.1) is 5.21 Å². The van der Waals surface area contributed by atoms with Gasteiger partial charge >= 0.3 is 0 Å². The van der Waals surface area contributed by atoms with E-state index in [0.29, 0.717) is 5.52 Å². The molecule has 2 heterocycles. The third-order valence-corrected chi connectivity index (χ3v) is 3.95. The number of nitrogens with zero attached hydrogens (tertiary/aromatic N) is 2. The van der Waals surface area contributed by atoms with Crippen molar-refractivity contribution in [2.45, 2.75) is 19.8 Å². The Morgan fingerprint density at radius 2 is 2.18 bits per heavy atom. The molecule has 0 fully saturated rings. The highest BCUT2D eigenvalue weighted by Gasteiger charge is 2.13. The van der Waals surface area contributed by atoms with Gasteiger partial charge in [-0.2, -0.15) is 4.73 Å². The van der Waals surface area contributed by atoms with Crippen molar-refractivity contribution in [1.82, 2.24) is 4.98 Å². The Morgan fingerprint density at radius 3 is 3.00 bits per heavy atom. The minimum atomic E-state index is 0.715. The molecule has 0 spiro atoms. The van der Waals surface area contributed by atoms with E-state index in [9.17, 15) is 5.21 Å². The highest BCUT2D eigenvalue weighted by Crippen LogP contribution is 2.28. The number of aromatic nitrogens is 2. The number of aryl methyl sites for hydroxylation is 1. The lowest BCUT2D eigenvalue weighted by Gasteiger charge is -2.00. The fraction of sp³-hybridized carbons (Fsp3) is 0.231. The van der Waals surface area contributed by atoms with Gasteiger partial charge in [-0.3, -0.25) is 0 Å². The standard InChI is InChI=1S/C13H12N2OS/c1-2-5-12-14-10-8-15(16)11-7-4-3-6-9(11)13(10)17-12/h3-4,6-8H,2,5H2,1H3. The molecule has 0 bridgehead atoms. The summed E-state index contributed by atoms with van der Waals surface area (Å²) >= 11 is 1.70. The lowest BCUT2D eigenvalue weighted by atomic mass is 10.2. The maximum Gasteiger partial charge on any atom is 0.225 e. The lowest BCUT2D eigenvalue weighted by molar-refractivity contribution is -0.575. The first-order valence-corrected chi connectivity index (χ1v) is 6.51. The van der Waals surface area contributed by atoms with Gasteiger partial charge in [0.2, 0.25) is 11.7 Å². The van der Waals surface area contributed by atoms with E-state index >= 15 is 0 Å². The molecule has 0 saturated carbocycles. The third-order valence-electron chi connectivity index (χ3n) is 2.79. The van der Waals surface area contributed by atoms with Gasteiger partial charge in [-0.25, -0.2) is 4.98 Å². The fourth-order valence-corrected chi connectivity index (χ4v) is 3.19. The Balaban J connectivity index is 2.38. The topological polar surface area (TPSA) is 39.8 Å². The minimum absolute atomic E-state index is 0.715. The molecule has 3 aromatic rings. The van der Waals surface area contributed by atoms with E-state index in [2.05, 4.69) is 11.9 Å². The lowest BCUT2D eigenvalue weighted by Crippen LogP contribution is -2.26. The second kappa shape index (κ2) is 3.96. The first-order valence-electron chi connectivity index (χ1n) is 5.70. The first-order chi connectivity index (χ1) is 8.29. The zero-order valence-corrected chi connectivity index (χ0v) is 10.3. The SMILES string of the molecule is CCCc1nc2c[n+]([O-])c3ccccc3c2s1. The Kier molecular flexibility index (Phi) is 2.44. The minimum Gasteiger partial charge on any atom is -0.618 e. The molecule has 0 saturated heterocycles. The van der Waals surface area contributed by atoms with E-state index in [1.807, 2.05) is 24.3 Å². The van der Waals surface area contributed by atoms with Crippen molar-refractivity contribution >= 4 is 32.5 Å². The van der Waals surface area contributed by atoms with Crippen molar-refractivity contribution < 1.29 is 4.73 Å². The predicted octanol–water partition coefficient (Wildman–Crippen LogP) is 3.04.